The normalized spacial score (nSPS) is 12.3. The minimum absolute atomic E-state index is 0.0645. The first-order chi connectivity index (χ1) is 39.5. The number of unbranched alkanes of at least 4 members (excludes halogenated alkanes) is 47. The second kappa shape index (κ2) is 68.9. The molecular weight excluding hydrogens is 985 g/mol. The van der Waals surface area contributed by atoms with Crippen molar-refractivity contribution < 1.29 is 28.6 Å². The Morgan fingerprint density at radius 2 is 0.487 bits per heavy atom. The van der Waals surface area contributed by atoms with Crippen LogP contribution >= 0.6 is 0 Å². The van der Waals surface area contributed by atoms with Crippen LogP contribution in [0.25, 0.3) is 0 Å². The van der Waals surface area contributed by atoms with Gasteiger partial charge in [0.1, 0.15) is 13.2 Å². The molecule has 0 fully saturated rings. The molecule has 0 amide bonds. The maximum atomic E-state index is 12.9. The Bertz CT molecular complexity index is 1380. The number of ether oxygens (including phenoxy) is 3. The van der Waals surface area contributed by atoms with Crippen molar-refractivity contribution in [3.63, 3.8) is 0 Å². The quantitative estimate of drug-likeness (QED) is 0.0261. The van der Waals surface area contributed by atoms with E-state index in [0.29, 0.717) is 19.3 Å². The third-order valence-electron chi connectivity index (χ3n) is 16.1. The van der Waals surface area contributed by atoms with Gasteiger partial charge < -0.3 is 14.2 Å². The Morgan fingerprint density at radius 1 is 0.263 bits per heavy atom. The van der Waals surface area contributed by atoms with Crippen LogP contribution in [0.3, 0.4) is 0 Å². The van der Waals surface area contributed by atoms with Crippen LogP contribution in [0.5, 0.6) is 0 Å². The van der Waals surface area contributed by atoms with E-state index in [1.807, 2.05) is 0 Å². The van der Waals surface area contributed by atoms with Gasteiger partial charge in [-0.15, -0.1) is 0 Å². The van der Waals surface area contributed by atoms with Crippen molar-refractivity contribution >= 4 is 17.9 Å². The van der Waals surface area contributed by atoms with E-state index in [4.69, 9.17) is 14.2 Å². The molecular formula is C74H136O6. The molecule has 1 atom stereocenters. The summed E-state index contributed by atoms with van der Waals surface area (Å²) >= 11 is 0. The molecule has 1 unspecified atom stereocenters. The van der Waals surface area contributed by atoms with Gasteiger partial charge in [0.15, 0.2) is 6.10 Å². The molecule has 0 rings (SSSR count). The summed E-state index contributed by atoms with van der Waals surface area (Å²) in [4.78, 5) is 38.3. The number of hydrogen-bond donors (Lipinski definition) is 0. The van der Waals surface area contributed by atoms with Crippen LogP contribution in [0.1, 0.15) is 387 Å². The van der Waals surface area contributed by atoms with Gasteiger partial charge in [-0.05, 0) is 57.8 Å². The van der Waals surface area contributed by atoms with Crippen molar-refractivity contribution in [1.29, 1.82) is 0 Å². The molecule has 0 bridgehead atoms. The maximum Gasteiger partial charge on any atom is 0.306 e. The number of hydrogen-bond acceptors (Lipinski definition) is 6. The standard InChI is InChI=1S/C74H136O6/c1-4-7-10-13-16-19-22-24-26-28-29-30-31-32-33-34-35-36-37-38-39-40-41-42-43-44-45-47-48-50-52-55-58-61-64-67-73(76)79-70-71(69-78-72(75)66-63-60-57-54-21-18-15-12-9-6-3)80-74(77)68-65-62-59-56-53-51-49-46-27-25-23-20-17-14-11-8-5-2/h7,10,16,19,24,26,29-30,71H,4-6,8-9,11-15,17-18,20-23,25,27-28,31-70H2,1-3H3/b10-7-,19-16-,26-24-,30-29-. The highest BCUT2D eigenvalue weighted by Gasteiger charge is 2.19. The molecule has 0 radical (unpaired) electrons. The van der Waals surface area contributed by atoms with E-state index in [2.05, 4.69) is 69.4 Å². The highest BCUT2D eigenvalue weighted by atomic mass is 16.6. The predicted molar refractivity (Wildman–Crippen MR) is 349 cm³/mol. The molecule has 0 aliphatic carbocycles. The fourth-order valence-corrected chi connectivity index (χ4v) is 10.8. The maximum absolute atomic E-state index is 12.9. The fraction of sp³-hybridized carbons (Fsp3) is 0.851. The first-order valence-electron chi connectivity index (χ1n) is 35.6. The predicted octanol–water partition coefficient (Wildman–Crippen LogP) is 24.5. The Kier molecular flexibility index (Phi) is 66.6. The summed E-state index contributed by atoms with van der Waals surface area (Å²) in [6.45, 7) is 6.58. The van der Waals surface area contributed by atoms with Crippen molar-refractivity contribution in [3.8, 4) is 0 Å². The zero-order chi connectivity index (χ0) is 57.8. The zero-order valence-corrected chi connectivity index (χ0v) is 53.9. The van der Waals surface area contributed by atoms with E-state index in [-0.39, 0.29) is 31.1 Å². The SMILES string of the molecule is CC/C=C\C/C=C\C/C=C\C/C=C\CCCCCCCCCCCCCCCCCCCCCCCCC(=O)OCC(COC(=O)CCCCCCCCCCCC)OC(=O)CCCCCCCCCCCCCCCCCCC. The van der Waals surface area contributed by atoms with Gasteiger partial charge in [-0.3, -0.25) is 14.4 Å². The molecule has 0 saturated carbocycles. The van der Waals surface area contributed by atoms with Crippen molar-refractivity contribution in [2.45, 2.75) is 393 Å². The third-order valence-corrected chi connectivity index (χ3v) is 16.1. The lowest BCUT2D eigenvalue weighted by molar-refractivity contribution is -0.167. The Balaban J connectivity index is 4.01. The smallest absolute Gasteiger partial charge is 0.306 e. The van der Waals surface area contributed by atoms with Crippen molar-refractivity contribution in [1.82, 2.24) is 0 Å². The highest BCUT2D eigenvalue weighted by Crippen LogP contribution is 2.19. The Morgan fingerprint density at radius 3 is 0.762 bits per heavy atom. The van der Waals surface area contributed by atoms with Crippen LogP contribution < -0.4 is 0 Å². The van der Waals surface area contributed by atoms with Crippen LogP contribution in [0.4, 0.5) is 0 Å². The average Bonchev–Trinajstić information content (AvgIpc) is 3.46. The lowest BCUT2D eigenvalue weighted by atomic mass is 10.0. The minimum Gasteiger partial charge on any atom is -0.462 e. The van der Waals surface area contributed by atoms with E-state index < -0.39 is 6.10 Å². The van der Waals surface area contributed by atoms with Crippen LogP contribution in [0.2, 0.25) is 0 Å². The molecule has 6 heteroatoms. The Hall–Kier alpha value is -2.63. The van der Waals surface area contributed by atoms with Crippen molar-refractivity contribution in [3.05, 3.63) is 48.6 Å². The molecule has 468 valence electrons. The summed E-state index contributed by atoms with van der Waals surface area (Å²) in [5.74, 6) is -0.836. The van der Waals surface area contributed by atoms with Crippen molar-refractivity contribution in [2.24, 2.45) is 0 Å². The van der Waals surface area contributed by atoms with Crippen molar-refractivity contribution in [2.75, 3.05) is 13.2 Å². The second-order valence-corrected chi connectivity index (χ2v) is 24.1. The molecule has 0 aromatic rings. The van der Waals surface area contributed by atoms with Gasteiger partial charge in [-0.1, -0.05) is 358 Å². The molecule has 0 saturated heterocycles. The largest absolute Gasteiger partial charge is 0.462 e. The van der Waals surface area contributed by atoms with E-state index in [1.54, 1.807) is 0 Å². The summed E-state index contributed by atoms with van der Waals surface area (Å²) < 4.78 is 16.9. The number of carbonyl (C=O) groups is 3. The summed E-state index contributed by atoms with van der Waals surface area (Å²) in [6.07, 6.45) is 87.4. The van der Waals surface area contributed by atoms with Crippen LogP contribution in [-0.2, 0) is 28.6 Å². The first-order valence-corrected chi connectivity index (χ1v) is 35.6. The molecule has 0 spiro atoms. The van der Waals surface area contributed by atoms with Crippen LogP contribution in [0.15, 0.2) is 48.6 Å². The molecule has 6 nitrogen and oxygen atoms in total. The summed E-state index contributed by atoms with van der Waals surface area (Å²) in [7, 11) is 0. The van der Waals surface area contributed by atoms with Crippen LogP contribution in [-0.4, -0.2) is 37.2 Å². The highest BCUT2D eigenvalue weighted by molar-refractivity contribution is 5.71. The molecule has 0 N–H and O–H groups in total. The molecule has 80 heavy (non-hydrogen) atoms. The minimum atomic E-state index is -0.766. The van der Waals surface area contributed by atoms with E-state index >= 15 is 0 Å². The third kappa shape index (κ3) is 66.2. The first kappa shape index (κ1) is 77.4. The number of allylic oxidation sites excluding steroid dienone is 8. The van der Waals surface area contributed by atoms with Gasteiger partial charge in [-0.25, -0.2) is 0 Å². The van der Waals surface area contributed by atoms with E-state index in [9.17, 15) is 14.4 Å². The zero-order valence-electron chi connectivity index (χ0n) is 53.9. The lowest BCUT2D eigenvalue weighted by Gasteiger charge is -2.18. The molecule has 0 aliphatic heterocycles. The molecule has 0 aromatic carbocycles. The molecule has 0 aromatic heterocycles. The van der Waals surface area contributed by atoms with Gasteiger partial charge in [0.25, 0.3) is 0 Å². The summed E-state index contributed by atoms with van der Waals surface area (Å²) in [5.41, 5.74) is 0. The monoisotopic (exact) mass is 1120 g/mol. The second-order valence-electron chi connectivity index (χ2n) is 24.1. The average molecular weight is 1120 g/mol. The van der Waals surface area contributed by atoms with Gasteiger partial charge in [0, 0.05) is 19.3 Å². The van der Waals surface area contributed by atoms with E-state index in [0.717, 1.165) is 83.5 Å². The Labute approximate surface area is 498 Å². The van der Waals surface area contributed by atoms with Gasteiger partial charge >= 0.3 is 17.9 Å². The number of esters is 3. The topological polar surface area (TPSA) is 78.9 Å². The summed E-state index contributed by atoms with van der Waals surface area (Å²) in [5, 5.41) is 0. The van der Waals surface area contributed by atoms with E-state index in [1.165, 1.54) is 263 Å². The summed E-state index contributed by atoms with van der Waals surface area (Å²) in [6, 6.07) is 0. The number of carbonyl (C=O) groups excluding carboxylic acids is 3. The fourth-order valence-electron chi connectivity index (χ4n) is 10.8. The van der Waals surface area contributed by atoms with Gasteiger partial charge in [-0.2, -0.15) is 0 Å². The molecule has 0 heterocycles. The number of rotatable bonds is 66. The van der Waals surface area contributed by atoms with Gasteiger partial charge in [0.2, 0.25) is 0 Å². The lowest BCUT2D eigenvalue weighted by Crippen LogP contribution is -2.30. The van der Waals surface area contributed by atoms with Gasteiger partial charge in [0.05, 0.1) is 0 Å². The van der Waals surface area contributed by atoms with Crippen LogP contribution in [0, 0.1) is 0 Å². The molecule has 0 aliphatic rings.